The molecule has 1 amide bonds. The summed E-state index contributed by atoms with van der Waals surface area (Å²) in [5.41, 5.74) is 2.08. The topological polar surface area (TPSA) is 75.6 Å². The highest BCUT2D eigenvalue weighted by atomic mass is 16.5. The van der Waals surface area contributed by atoms with E-state index in [9.17, 15) is 14.7 Å². The highest BCUT2D eigenvalue weighted by molar-refractivity contribution is 5.78. The molecule has 2 N–H and O–H groups in total. The number of nitrogens with one attached hydrogen (secondary N) is 1. The first-order valence-corrected chi connectivity index (χ1v) is 7.15. The number of carboxylic acid groups (broad SMARTS) is 1. The van der Waals surface area contributed by atoms with Gasteiger partial charge in [-0.2, -0.15) is 0 Å². The monoisotopic (exact) mass is 293 g/mol. The van der Waals surface area contributed by atoms with E-state index in [4.69, 9.17) is 4.74 Å². The largest absolute Gasteiger partial charge is 0.481 e. The van der Waals surface area contributed by atoms with Crippen molar-refractivity contribution in [3.05, 3.63) is 35.4 Å². The Hall–Kier alpha value is -1.88. The molecule has 116 valence electrons. The van der Waals surface area contributed by atoms with Crippen molar-refractivity contribution >= 4 is 11.9 Å². The molecule has 1 aromatic carbocycles. The number of ether oxygens (including phenoxy) is 1. The molecule has 0 fully saturated rings. The average molecular weight is 293 g/mol. The molecule has 0 radical (unpaired) electrons. The fraction of sp³-hybridized carbons (Fsp3) is 0.500. The summed E-state index contributed by atoms with van der Waals surface area (Å²) in [4.78, 5) is 22.8. The number of carbonyl (C=O) groups excluding carboxylic acids is 1. The molecule has 0 aromatic heterocycles. The SMILES string of the molecule is CCCOCC(=O)NC[C@@H](Cc1ccc(C)cc1)C(=O)O. The van der Waals surface area contributed by atoms with Gasteiger partial charge in [0.2, 0.25) is 5.91 Å². The predicted molar refractivity (Wildman–Crippen MR) is 80.1 cm³/mol. The molecular weight excluding hydrogens is 270 g/mol. The van der Waals surface area contributed by atoms with Crippen LogP contribution in [-0.4, -0.2) is 36.7 Å². The Balaban J connectivity index is 2.45. The summed E-state index contributed by atoms with van der Waals surface area (Å²) in [7, 11) is 0. The lowest BCUT2D eigenvalue weighted by molar-refractivity contribution is -0.141. The van der Waals surface area contributed by atoms with E-state index >= 15 is 0 Å². The zero-order chi connectivity index (χ0) is 15.7. The Bertz CT molecular complexity index is 456. The van der Waals surface area contributed by atoms with E-state index in [1.807, 2.05) is 38.1 Å². The summed E-state index contributed by atoms with van der Waals surface area (Å²) in [6.07, 6.45) is 1.24. The van der Waals surface area contributed by atoms with Crippen LogP contribution in [0.2, 0.25) is 0 Å². The van der Waals surface area contributed by atoms with E-state index < -0.39 is 11.9 Å². The predicted octanol–water partition coefficient (Wildman–Crippen LogP) is 1.78. The molecule has 5 heteroatoms. The van der Waals surface area contributed by atoms with Gasteiger partial charge in [0.05, 0.1) is 5.92 Å². The number of carbonyl (C=O) groups is 2. The van der Waals surface area contributed by atoms with Crippen LogP contribution in [0.15, 0.2) is 24.3 Å². The van der Waals surface area contributed by atoms with Crippen LogP contribution in [0.3, 0.4) is 0 Å². The molecule has 0 aliphatic carbocycles. The Morgan fingerprint density at radius 3 is 2.52 bits per heavy atom. The summed E-state index contributed by atoms with van der Waals surface area (Å²) in [5, 5.41) is 11.8. The zero-order valence-corrected chi connectivity index (χ0v) is 12.6. The van der Waals surface area contributed by atoms with Gasteiger partial charge in [-0.3, -0.25) is 9.59 Å². The van der Waals surface area contributed by atoms with Gasteiger partial charge in [-0.25, -0.2) is 0 Å². The van der Waals surface area contributed by atoms with Crippen LogP contribution in [0.1, 0.15) is 24.5 Å². The van der Waals surface area contributed by atoms with E-state index in [1.54, 1.807) is 0 Å². The standard InChI is InChI=1S/C16H23NO4/c1-3-8-21-11-15(18)17-10-14(16(19)20)9-13-6-4-12(2)5-7-13/h4-7,14H,3,8-11H2,1-2H3,(H,17,18)(H,19,20)/t14-/m1/s1. The van der Waals surface area contributed by atoms with Crippen LogP contribution in [0.5, 0.6) is 0 Å². The minimum Gasteiger partial charge on any atom is -0.481 e. The molecule has 1 atom stereocenters. The molecular formula is C16H23NO4. The third-order valence-corrected chi connectivity index (χ3v) is 3.08. The van der Waals surface area contributed by atoms with Crippen molar-refractivity contribution in [3.63, 3.8) is 0 Å². The minimum atomic E-state index is -0.912. The number of rotatable bonds is 9. The minimum absolute atomic E-state index is 0.0231. The van der Waals surface area contributed by atoms with Gasteiger partial charge < -0.3 is 15.2 Å². The lowest BCUT2D eigenvalue weighted by Crippen LogP contribution is -2.36. The van der Waals surface area contributed by atoms with Crippen LogP contribution in [0, 0.1) is 12.8 Å². The lowest BCUT2D eigenvalue weighted by atomic mass is 9.98. The van der Waals surface area contributed by atoms with Gasteiger partial charge in [-0.1, -0.05) is 36.8 Å². The smallest absolute Gasteiger partial charge is 0.308 e. The summed E-state index contributed by atoms with van der Waals surface area (Å²) in [6.45, 7) is 4.55. The molecule has 0 saturated carbocycles. The van der Waals surface area contributed by atoms with Gasteiger partial charge >= 0.3 is 5.97 Å². The second-order valence-electron chi connectivity index (χ2n) is 5.08. The third-order valence-electron chi connectivity index (χ3n) is 3.08. The van der Waals surface area contributed by atoms with Crippen molar-refractivity contribution in [3.8, 4) is 0 Å². The summed E-state index contributed by atoms with van der Waals surface area (Å²) in [6, 6.07) is 7.73. The van der Waals surface area contributed by atoms with Crippen molar-refractivity contribution < 1.29 is 19.4 Å². The first-order chi connectivity index (χ1) is 10.0. The third kappa shape index (κ3) is 6.90. The van der Waals surface area contributed by atoms with Crippen molar-refractivity contribution in [2.24, 2.45) is 5.92 Å². The van der Waals surface area contributed by atoms with Crippen molar-refractivity contribution in [2.75, 3.05) is 19.8 Å². The molecule has 0 aliphatic heterocycles. The van der Waals surface area contributed by atoms with Crippen LogP contribution in [0.4, 0.5) is 0 Å². The lowest BCUT2D eigenvalue weighted by Gasteiger charge is -2.14. The number of carboxylic acids is 1. The number of hydrogen-bond acceptors (Lipinski definition) is 3. The van der Waals surface area contributed by atoms with E-state index in [-0.39, 0.29) is 19.1 Å². The fourth-order valence-corrected chi connectivity index (χ4v) is 1.85. The van der Waals surface area contributed by atoms with Gasteiger partial charge in [-0.15, -0.1) is 0 Å². The van der Waals surface area contributed by atoms with Gasteiger partial charge in [0, 0.05) is 13.2 Å². The molecule has 0 unspecified atom stereocenters. The molecule has 21 heavy (non-hydrogen) atoms. The Kier molecular flexibility index (Phi) is 7.46. The Morgan fingerprint density at radius 2 is 1.95 bits per heavy atom. The molecule has 0 heterocycles. The molecule has 0 aliphatic rings. The van der Waals surface area contributed by atoms with Gasteiger partial charge in [0.25, 0.3) is 0 Å². The van der Waals surface area contributed by atoms with Crippen LogP contribution in [0.25, 0.3) is 0 Å². The average Bonchev–Trinajstić information content (AvgIpc) is 2.45. The Morgan fingerprint density at radius 1 is 1.29 bits per heavy atom. The maximum Gasteiger partial charge on any atom is 0.308 e. The highest BCUT2D eigenvalue weighted by Crippen LogP contribution is 2.10. The Labute approximate surface area is 125 Å². The number of hydrogen-bond donors (Lipinski definition) is 2. The van der Waals surface area contributed by atoms with Crippen molar-refractivity contribution in [2.45, 2.75) is 26.7 Å². The van der Waals surface area contributed by atoms with E-state index in [2.05, 4.69) is 5.32 Å². The van der Waals surface area contributed by atoms with Crippen LogP contribution >= 0.6 is 0 Å². The second kappa shape index (κ2) is 9.13. The van der Waals surface area contributed by atoms with E-state index in [0.717, 1.165) is 17.5 Å². The molecule has 1 aromatic rings. The number of amides is 1. The van der Waals surface area contributed by atoms with Crippen molar-refractivity contribution in [1.29, 1.82) is 0 Å². The summed E-state index contributed by atoms with van der Waals surface area (Å²) >= 11 is 0. The summed E-state index contributed by atoms with van der Waals surface area (Å²) in [5.74, 6) is -1.83. The normalized spacial score (nSPS) is 11.9. The molecule has 0 saturated heterocycles. The second-order valence-corrected chi connectivity index (χ2v) is 5.08. The number of benzene rings is 1. The van der Waals surface area contributed by atoms with E-state index in [1.165, 1.54) is 0 Å². The van der Waals surface area contributed by atoms with Crippen molar-refractivity contribution in [1.82, 2.24) is 5.32 Å². The zero-order valence-electron chi connectivity index (χ0n) is 12.6. The van der Waals surface area contributed by atoms with Crippen LogP contribution in [-0.2, 0) is 20.7 Å². The maximum atomic E-state index is 11.5. The van der Waals surface area contributed by atoms with Gasteiger partial charge in [-0.05, 0) is 25.3 Å². The maximum absolute atomic E-state index is 11.5. The number of aryl methyl sites for hydroxylation is 1. The summed E-state index contributed by atoms with van der Waals surface area (Å²) < 4.78 is 5.11. The van der Waals surface area contributed by atoms with Gasteiger partial charge in [0.1, 0.15) is 6.61 Å². The first-order valence-electron chi connectivity index (χ1n) is 7.15. The molecule has 0 spiro atoms. The number of aliphatic carboxylic acids is 1. The molecule has 1 rings (SSSR count). The van der Waals surface area contributed by atoms with Crippen LogP contribution < -0.4 is 5.32 Å². The molecule has 0 bridgehead atoms. The van der Waals surface area contributed by atoms with Gasteiger partial charge in [0.15, 0.2) is 0 Å². The highest BCUT2D eigenvalue weighted by Gasteiger charge is 2.18. The first kappa shape index (κ1) is 17.2. The quantitative estimate of drug-likeness (QED) is 0.681. The fourth-order valence-electron chi connectivity index (χ4n) is 1.85. The molecule has 5 nitrogen and oxygen atoms in total. The van der Waals surface area contributed by atoms with E-state index in [0.29, 0.717) is 13.0 Å².